The predicted molar refractivity (Wildman–Crippen MR) is 72.5 cm³/mol. The number of nitrogens with zero attached hydrogens (tertiary/aromatic N) is 2. The summed E-state index contributed by atoms with van der Waals surface area (Å²) in [5.41, 5.74) is 0.807. The van der Waals surface area contributed by atoms with Gasteiger partial charge in [-0.2, -0.15) is 0 Å². The van der Waals surface area contributed by atoms with Gasteiger partial charge in [0.25, 0.3) is 0 Å². The van der Waals surface area contributed by atoms with E-state index in [0.717, 1.165) is 6.42 Å². The highest BCUT2D eigenvalue weighted by Crippen LogP contribution is 2.33. The molecule has 6 nitrogen and oxygen atoms in total. The topological polar surface area (TPSA) is 88.7 Å². The Morgan fingerprint density at radius 3 is 2.90 bits per heavy atom. The van der Waals surface area contributed by atoms with E-state index in [-0.39, 0.29) is 17.0 Å². The quantitative estimate of drug-likeness (QED) is 0.910. The molecule has 3 rings (SSSR count). The fourth-order valence-electron chi connectivity index (χ4n) is 2.64. The third kappa shape index (κ3) is 2.07. The molecule has 1 saturated heterocycles. The summed E-state index contributed by atoms with van der Waals surface area (Å²) in [6, 6.07) is 3.07. The van der Waals surface area contributed by atoms with Gasteiger partial charge in [-0.3, -0.25) is 0 Å². The molecule has 1 atom stereocenters. The molecule has 0 saturated carbocycles. The Bertz CT molecular complexity index is 779. The molecule has 0 spiro atoms. The standard InChI is InChI=1S/C13H14N2O4S/c16-13(17)9-4-3-6-15-8-10(14-12(9)15)11-5-1-2-7-20(11,18)19/h3-4,6,8,11H,1-2,5,7H2,(H,16,17). The van der Waals surface area contributed by atoms with Crippen LogP contribution in [0.4, 0.5) is 0 Å². The highest BCUT2D eigenvalue weighted by molar-refractivity contribution is 7.91. The SMILES string of the molecule is O=C(O)c1cccn2cc(C3CCCCS3(=O)=O)nc12. The molecular formula is C13H14N2O4S. The van der Waals surface area contributed by atoms with E-state index < -0.39 is 21.1 Å². The zero-order valence-corrected chi connectivity index (χ0v) is 11.5. The molecule has 0 amide bonds. The van der Waals surface area contributed by atoms with Gasteiger partial charge in [0.1, 0.15) is 10.8 Å². The van der Waals surface area contributed by atoms with Crippen molar-refractivity contribution in [3.05, 3.63) is 35.8 Å². The number of hydrogen-bond acceptors (Lipinski definition) is 4. The van der Waals surface area contributed by atoms with Gasteiger partial charge in [0.05, 0.1) is 11.4 Å². The van der Waals surface area contributed by atoms with Crippen LogP contribution in [0, 0.1) is 0 Å². The molecule has 0 radical (unpaired) electrons. The summed E-state index contributed by atoms with van der Waals surface area (Å²) in [4.78, 5) is 15.4. The molecule has 1 N–H and O–H groups in total. The number of hydrogen-bond donors (Lipinski definition) is 1. The van der Waals surface area contributed by atoms with E-state index >= 15 is 0 Å². The smallest absolute Gasteiger partial charge is 0.339 e. The monoisotopic (exact) mass is 294 g/mol. The van der Waals surface area contributed by atoms with Crippen molar-refractivity contribution in [1.29, 1.82) is 0 Å². The third-order valence-electron chi connectivity index (χ3n) is 3.64. The van der Waals surface area contributed by atoms with Crippen molar-refractivity contribution < 1.29 is 18.3 Å². The van der Waals surface area contributed by atoms with Gasteiger partial charge in [0.15, 0.2) is 15.5 Å². The maximum Gasteiger partial charge on any atom is 0.339 e. The second-order valence-electron chi connectivity index (χ2n) is 4.98. The second kappa shape index (κ2) is 4.59. The minimum atomic E-state index is -3.18. The first-order valence-electron chi connectivity index (χ1n) is 6.41. The van der Waals surface area contributed by atoms with Crippen LogP contribution < -0.4 is 0 Å². The lowest BCUT2D eigenvalue weighted by molar-refractivity contribution is 0.0698. The van der Waals surface area contributed by atoms with Crippen LogP contribution in [0.25, 0.3) is 5.65 Å². The van der Waals surface area contributed by atoms with Gasteiger partial charge in [-0.1, -0.05) is 6.42 Å². The number of aromatic nitrogens is 2. The van der Waals surface area contributed by atoms with Gasteiger partial charge in [0, 0.05) is 12.4 Å². The number of sulfone groups is 1. The molecule has 20 heavy (non-hydrogen) atoms. The molecular weight excluding hydrogens is 280 g/mol. The minimum absolute atomic E-state index is 0.0759. The Hall–Kier alpha value is -1.89. The molecule has 1 unspecified atom stereocenters. The summed E-state index contributed by atoms with van der Waals surface area (Å²) < 4.78 is 25.8. The number of carboxylic acids is 1. The predicted octanol–water partition coefficient (Wildman–Crippen LogP) is 1.67. The van der Waals surface area contributed by atoms with Crippen molar-refractivity contribution in [2.45, 2.75) is 24.5 Å². The van der Waals surface area contributed by atoms with Gasteiger partial charge >= 0.3 is 5.97 Å². The average molecular weight is 294 g/mol. The number of rotatable bonds is 2. The van der Waals surface area contributed by atoms with E-state index in [9.17, 15) is 13.2 Å². The molecule has 2 aromatic heterocycles. The average Bonchev–Trinajstić information content (AvgIpc) is 2.80. The van der Waals surface area contributed by atoms with Crippen LogP contribution >= 0.6 is 0 Å². The summed E-state index contributed by atoms with van der Waals surface area (Å²) in [7, 11) is -3.18. The zero-order valence-electron chi connectivity index (χ0n) is 10.7. The summed E-state index contributed by atoms with van der Waals surface area (Å²) in [5, 5.41) is 8.52. The van der Waals surface area contributed by atoms with Crippen LogP contribution in [0.2, 0.25) is 0 Å². The maximum absolute atomic E-state index is 12.1. The van der Waals surface area contributed by atoms with E-state index in [1.807, 2.05) is 0 Å². The van der Waals surface area contributed by atoms with Gasteiger partial charge in [-0.15, -0.1) is 0 Å². The van der Waals surface area contributed by atoms with Crippen LogP contribution in [0.5, 0.6) is 0 Å². The number of fused-ring (bicyclic) bond motifs is 1. The zero-order chi connectivity index (χ0) is 14.3. The largest absolute Gasteiger partial charge is 0.478 e. The molecule has 1 aliphatic rings. The van der Waals surface area contributed by atoms with E-state index in [1.165, 1.54) is 6.07 Å². The van der Waals surface area contributed by atoms with Crippen molar-refractivity contribution in [3.8, 4) is 0 Å². The number of imidazole rings is 1. The Morgan fingerprint density at radius 1 is 1.40 bits per heavy atom. The minimum Gasteiger partial charge on any atom is -0.478 e. The van der Waals surface area contributed by atoms with Gasteiger partial charge in [-0.05, 0) is 25.0 Å². The summed E-state index contributed by atoms with van der Waals surface area (Å²) in [5.74, 6) is -0.892. The van der Waals surface area contributed by atoms with Crippen molar-refractivity contribution in [2.24, 2.45) is 0 Å². The lowest BCUT2D eigenvalue weighted by Crippen LogP contribution is -2.21. The molecule has 0 aromatic carbocycles. The number of pyridine rings is 1. The molecule has 0 aliphatic carbocycles. The van der Waals surface area contributed by atoms with Gasteiger partial charge < -0.3 is 9.51 Å². The lowest BCUT2D eigenvalue weighted by atomic mass is 10.1. The second-order valence-corrected chi connectivity index (χ2v) is 7.28. The van der Waals surface area contributed by atoms with Gasteiger partial charge in [0.2, 0.25) is 0 Å². The van der Waals surface area contributed by atoms with Crippen LogP contribution in [0.3, 0.4) is 0 Å². The first-order valence-corrected chi connectivity index (χ1v) is 8.13. The molecule has 106 valence electrons. The lowest BCUT2D eigenvalue weighted by Gasteiger charge is -2.20. The van der Waals surface area contributed by atoms with Gasteiger partial charge in [-0.25, -0.2) is 18.2 Å². The summed E-state index contributed by atoms with van der Waals surface area (Å²) in [6.45, 7) is 0. The third-order valence-corrected chi connectivity index (χ3v) is 5.84. The molecule has 1 aliphatic heterocycles. The molecule has 2 aromatic rings. The van der Waals surface area contributed by atoms with Crippen LogP contribution in [0.1, 0.15) is 40.6 Å². The fraction of sp³-hybridized carbons (Fsp3) is 0.385. The van der Waals surface area contributed by atoms with E-state index in [2.05, 4.69) is 4.98 Å². The Labute approximate surface area is 116 Å². The fourth-order valence-corrected chi connectivity index (χ4v) is 4.54. The van der Waals surface area contributed by atoms with Crippen LogP contribution in [0.15, 0.2) is 24.5 Å². The van der Waals surface area contributed by atoms with Crippen molar-refractivity contribution in [1.82, 2.24) is 9.38 Å². The van der Waals surface area contributed by atoms with Crippen LogP contribution in [-0.2, 0) is 9.84 Å². The van der Waals surface area contributed by atoms with E-state index in [1.54, 1.807) is 22.9 Å². The highest BCUT2D eigenvalue weighted by atomic mass is 32.2. The van der Waals surface area contributed by atoms with Crippen molar-refractivity contribution in [3.63, 3.8) is 0 Å². The first-order chi connectivity index (χ1) is 9.49. The number of carbonyl (C=O) groups is 1. The number of carboxylic acid groups (broad SMARTS) is 1. The summed E-state index contributed by atoms with van der Waals surface area (Å²) in [6.07, 6.45) is 5.38. The Morgan fingerprint density at radius 2 is 2.20 bits per heavy atom. The van der Waals surface area contributed by atoms with Crippen molar-refractivity contribution >= 4 is 21.5 Å². The van der Waals surface area contributed by atoms with Crippen molar-refractivity contribution in [2.75, 3.05) is 5.75 Å². The van der Waals surface area contributed by atoms with Crippen LogP contribution in [-0.4, -0.2) is 34.6 Å². The number of aromatic carboxylic acids is 1. The normalized spacial score (nSPS) is 21.9. The Balaban J connectivity index is 2.14. The first kappa shape index (κ1) is 13.1. The Kier molecular flexibility index (Phi) is 3.01. The van der Waals surface area contributed by atoms with E-state index in [0.29, 0.717) is 18.5 Å². The molecule has 1 fully saturated rings. The molecule has 7 heteroatoms. The molecule has 0 bridgehead atoms. The maximum atomic E-state index is 12.1. The molecule has 3 heterocycles. The highest BCUT2D eigenvalue weighted by Gasteiger charge is 2.32. The summed E-state index contributed by atoms with van der Waals surface area (Å²) >= 11 is 0. The van der Waals surface area contributed by atoms with E-state index in [4.69, 9.17) is 5.11 Å².